The molecule has 0 unspecified atom stereocenters. The van der Waals surface area contributed by atoms with Gasteiger partial charge in [-0.15, -0.1) is 0 Å². The first-order valence-electron chi connectivity index (χ1n) is 10.2. The first-order chi connectivity index (χ1) is 14.4. The number of carbonyl (C=O) groups excluding carboxylic acids is 2. The summed E-state index contributed by atoms with van der Waals surface area (Å²) in [6.45, 7) is 3.65. The predicted octanol–water partition coefficient (Wildman–Crippen LogP) is 6.23. The molecule has 30 heavy (non-hydrogen) atoms. The maximum atomic E-state index is 13.1. The van der Waals surface area contributed by atoms with Gasteiger partial charge in [0, 0.05) is 21.7 Å². The molecule has 0 radical (unpaired) electrons. The Morgan fingerprint density at radius 3 is 2.63 bits per heavy atom. The van der Waals surface area contributed by atoms with Crippen molar-refractivity contribution in [2.45, 2.75) is 51.6 Å². The van der Waals surface area contributed by atoms with Crippen molar-refractivity contribution in [3.63, 3.8) is 0 Å². The first-order valence-corrected chi connectivity index (χ1v) is 10.6. The zero-order chi connectivity index (χ0) is 21.0. The molecule has 0 saturated heterocycles. The van der Waals surface area contributed by atoms with Crippen LogP contribution in [0, 0.1) is 13.8 Å². The fraction of sp³-hybridized carbons (Fsp3) is 0.333. The topological polar surface area (TPSA) is 68.5 Å². The number of benzene rings is 2. The third-order valence-electron chi connectivity index (χ3n) is 6.38. The highest BCUT2D eigenvalue weighted by molar-refractivity contribution is 6.31. The van der Waals surface area contributed by atoms with E-state index in [9.17, 15) is 9.59 Å². The summed E-state index contributed by atoms with van der Waals surface area (Å²) in [5, 5.41) is 4.11. The zero-order valence-electron chi connectivity index (χ0n) is 16.9. The van der Waals surface area contributed by atoms with Crippen LogP contribution in [0.25, 0.3) is 11.0 Å². The standard InChI is InChI=1S/C24H22ClNO4/c1-13-15(25)6-5-7-16(13)26-23(28)22-14(2)20-18(29-22)8-9-19-21(20)17(27)12-24(30-19)10-3-4-11-24/h5-9H,3-4,10-12H2,1-2H3,(H,26,28). The lowest BCUT2D eigenvalue weighted by Gasteiger charge is -2.34. The molecule has 0 atom stereocenters. The Morgan fingerprint density at radius 1 is 1.10 bits per heavy atom. The Hall–Kier alpha value is -2.79. The molecular formula is C24H22ClNO4. The molecule has 1 aromatic heterocycles. The summed E-state index contributed by atoms with van der Waals surface area (Å²) in [5.74, 6) is 0.471. The first kappa shape index (κ1) is 19.2. The van der Waals surface area contributed by atoms with Crippen molar-refractivity contribution in [2.24, 2.45) is 0 Å². The van der Waals surface area contributed by atoms with Crippen LogP contribution in [0.1, 0.15) is 64.1 Å². The van der Waals surface area contributed by atoms with Gasteiger partial charge in [-0.2, -0.15) is 0 Å². The zero-order valence-corrected chi connectivity index (χ0v) is 17.7. The van der Waals surface area contributed by atoms with Gasteiger partial charge in [0.25, 0.3) is 5.91 Å². The van der Waals surface area contributed by atoms with Crippen molar-refractivity contribution >= 4 is 39.9 Å². The molecule has 6 heteroatoms. The van der Waals surface area contributed by atoms with Gasteiger partial charge in [-0.1, -0.05) is 17.7 Å². The minimum Gasteiger partial charge on any atom is -0.486 e. The summed E-state index contributed by atoms with van der Waals surface area (Å²) >= 11 is 6.16. The molecule has 1 aliphatic carbocycles. The summed E-state index contributed by atoms with van der Waals surface area (Å²) in [7, 11) is 0. The normalized spacial score (nSPS) is 17.2. The molecule has 2 aliphatic rings. The van der Waals surface area contributed by atoms with Gasteiger partial charge in [0.2, 0.25) is 0 Å². The third kappa shape index (κ3) is 2.91. The molecule has 154 valence electrons. The second kappa shape index (κ2) is 6.88. The Kier molecular flexibility index (Phi) is 4.40. The number of ether oxygens (including phenoxy) is 1. The van der Waals surface area contributed by atoms with Gasteiger partial charge in [0.15, 0.2) is 11.5 Å². The van der Waals surface area contributed by atoms with Crippen LogP contribution in [0.5, 0.6) is 5.75 Å². The fourth-order valence-corrected chi connectivity index (χ4v) is 4.95. The maximum Gasteiger partial charge on any atom is 0.291 e. The number of carbonyl (C=O) groups is 2. The monoisotopic (exact) mass is 423 g/mol. The van der Waals surface area contributed by atoms with Crippen LogP contribution in [0.15, 0.2) is 34.7 Å². The molecular weight excluding hydrogens is 402 g/mol. The molecule has 1 fully saturated rings. The molecule has 1 aliphatic heterocycles. The molecule has 1 spiro atoms. The van der Waals surface area contributed by atoms with Crippen molar-refractivity contribution in [1.29, 1.82) is 0 Å². The van der Waals surface area contributed by atoms with E-state index in [2.05, 4.69) is 5.32 Å². The highest BCUT2D eigenvalue weighted by Gasteiger charge is 2.43. The average Bonchev–Trinajstić information content (AvgIpc) is 3.29. The van der Waals surface area contributed by atoms with Crippen LogP contribution in [-0.4, -0.2) is 17.3 Å². The van der Waals surface area contributed by atoms with E-state index >= 15 is 0 Å². The Morgan fingerprint density at radius 2 is 1.87 bits per heavy atom. The van der Waals surface area contributed by atoms with Crippen molar-refractivity contribution in [2.75, 3.05) is 5.32 Å². The number of Topliss-reactive ketones (excluding diaryl/α,β-unsaturated/α-hetero) is 1. The molecule has 1 N–H and O–H groups in total. The van der Waals surface area contributed by atoms with Crippen molar-refractivity contribution in [3.05, 3.63) is 57.8 Å². The highest BCUT2D eigenvalue weighted by Crippen LogP contribution is 2.46. The lowest BCUT2D eigenvalue weighted by atomic mass is 9.87. The molecule has 1 amide bonds. The molecule has 0 bridgehead atoms. The number of nitrogens with one attached hydrogen (secondary N) is 1. The van der Waals surface area contributed by atoms with Crippen LogP contribution in [-0.2, 0) is 0 Å². The minimum absolute atomic E-state index is 0.0605. The largest absolute Gasteiger partial charge is 0.486 e. The van der Waals surface area contributed by atoms with Crippen molar-refractivity contribution < 1.29 is 18.7 Å². The Labute approximate surface area is 179 Å². The van der Waals surface area contributed by atoms with E-state index in [1.165, 1.54) is 0 Å². The van der Waals surface area contributed by atoms with Gasteiger partial charge >= 0.3 is 0 Å². The second-order valence-corrected chi connectivity index (χ2v) is 8.73. The van der Waals surface area contributed by atoms with Gasteiger partial charge in [-0.3, -0.25) is 9.59 Å². The highest BCUT2D eigenvalue weighted by atomic mass is 35.5. The van der Waals surface area contributed by atoms with Crippen LogP contribution in [0.4, 0.5) is 5.69 Å². The van der Waals surface area contributed by atoms with Crippen LogP contribution in [0.3, 0.4) is 0 Å². The SMILES string of the molecule is Cc1c(Cl)cccc1NC(=O)c1oc2ccc3c(c2c1C)C(=O)CC1(CCCC1)O3. The van der Waals surface area contributed by atoms with Crippen molar-refractivity contribution in [3.8, 4) is 5.75 Å². The van der Waals surface area contributed by atoms with Gasteiger partial charge < -0.3 is 14.5 Å². The number of fused-ring (bicyclic) bond motifs is 3. The molecule has 1 saturated carbocycles. The molecule has 5 rings (SSSR count). The number of furan rings is 1. The van der Waals surface area contributed by atoms with E-state index < -0.39 is 0 Å². The number of amides is 1. The number of hydrogen-bond donors (Lipinski definition) is 1. The third-order valence-corrected chi connectivity index (χ3v) is 6.79. The summed E-state index contributed by atoms with van der Waals surface area (Å²) in [6.07, 6.45) is 4.37. The van der Waals surface area contributed by atoms with Crippen molar-refractivity contribution in [1.82, 2.24) is 0 Å². The lowest BCUT2D eigenvalue weighted by molar-refractivity contribution is 0.0454. The number of hydrogen-bond acceptors (Lipinski definition) is 4. The van der Waals surface area contributed by atoms with Crippen LogP contribution < -0.4 is 10.1 Å². The Bertz CT molecular complexity index is 1200. The molecule has 2 aromatic carbocycles. The predicted molar refractivity (Wildman–Crippen MR) is 116 cm³/mol. The van der Waals surface area contributed by atoms with Gasteiger partial charge in [0.1, 0.15) is 16.9 Å². The number of ketones is 1. The summed E-state index contributed by atoms with van der Waals surface area (Å²) in [6, 6.07) is 8.91. The van der Waals surface area contributed by atoms with E-state index in [-0.39, 0.29) is 23.1 Å². The number of halogens is 1. The molecule has 2 heterocycles. The van der Waals surface area contributed by atoms with Gasteiger partial charge in [-0.25, -0.2) is 0 Å². The van der Waals surface area contributed by atoms with Crippen LogP contribution in [0.2, 0.25) is 5.02 Å². The van der Waals surface area contributed by atoms with Gasteiger partial charge in [0.05, 0.1) is 12.0 Å². The number of aryl methyl sites for hydroxylation is 1. The number of rotatable bonds is 2. The van der Waals surface area contributed by atoms with E-state index in [0.717, 1.165) is 31.2 Å². The summed E-state index contributed by atoms with van der Waals surface area (Å²) in [5.41, 5.74) is 2.72. The Balaban J connectivity index is 1.55. The number of anilines is 1. The maximum absolute atomic E-state index is 13.1. The summed E-state index contributed by atoms with van der Waals surface area (Å²) < 4.78 is 12.2. The minimum atomic E-state index is -0.376. The smallest absolute Gasteiger partial charge is 0.291 e. The summed E-state index contributed by atoms with van der Waals surface area (Å²) in [4.78, 5) is 26.1. The van der Waals surface area contributed by atoms with E-state index in [4.69, 9.17) is 20.8 Å². The molecule has 5 nitrogen and oxygen atoms in total. The van der Waals surface area contributed by atoms with E-state index in [1.807, 2.05) is 6.92 Å². The average molecular weight is 424 g/mol. The quantitative estimate of drug-likeness (QED) is 0.530. The molecule has 3 aromatic rings. The second-order valence-electron chi connectivity index (χ2n) is 8.33. The van der Waals surface area contributed by atoms with Gasteiger partial charge in [-0.05, 0) is 69.4 Å². The van der Waals surface area contributed by atoms with E-state index in [1.54, 1.807) is 37.3 Å². The lowest BCUT2D eigenvalue weighted by Crippen LogP contribution is -2.39. The van der Waals surface area contributed by atoms with Crippen LogP contribution >= 0.6 is 11.6 Å². The fourth-order valence-electron chi connectivity index (χ4n) is 4.77. The van der Waals surface area contributed by atoms with E-state index in [0.29, 0.717) is 45.0 Å².